The first-order valence-corrected chi connectivity index (χ1v) is 6.36. The maximum Gasteiger partial charge on any atom is 0.401 e. The fourth-order valence-electron chi connectivity index (χ4n) is 1.77. The topological polar surface area (TPSA) is 40.5 Å². The second-order valence-corrected chi connectivity index (χ2v) is 4.49. The zero-order valence-corrected chi connectivity index (χ0v) is 10.8. The lowest BCUT2D eigenvalue weighted by molar-refractivity contribution is -0.154. The van der Waals surface area contributed by atoms with Crippen LogP contribution in [0.2, 0.25) is 0 Å². The van der Waals surface area contributed by atoms with Crippen molar-refractivity contribution in [1.82, 2.24) is 4.90 Å². The van der Waals surface area contributed by atoms with E-state index in [4.69, 9.17) is 5.11 Å². The predicted molar refractivity (Wildman–Crippen MR) is 63.5 cm³/mol. The molecule has 0 bridgehead atoms. The number of rotatable bonds is 10. The van der Waals surface area contributed by atoms with E-state index in [1.165, 1.54) is 0 Å². The average molecular weight is 269 g/mol. The summed E-state index contributed by atoms with van der Waals surface area (Å²) in [4.78, 5) is 11.4. The lowest BCUT2D eigenvalue weighted by atomic mass is 10.1. The Kier molecular flexibility index (Phi) is 8.79. The van der Waals surface area contributed by atoms with E-state index in [1.54, 1.807) is 0 Å². The number of aliphatic carboxylic acids is 1. The summed E-state index contributed by atoms with van der Waals surface area (Å²) in [6, 6.07) is 0. The van der Waals surface area contributed by atoms with Gasteiger partial charge in [-0.15, -0.1) is 0 Å². The van der Waals surface area contributed by atoms with Gasteiger partial charge in [-0.2, -0.15) is 13.2 Å². The molecule has 0 rings (SSSR count). The van der Waals surface area contributed by atoms with Crippen LogP contribution in [0.1, 0.15) is 45.4 Å². The molecule has 0 aromatic carbocycles. The van der Waals surface area contributed by atoms with Crippen LogP contribution in [0.4, 0.5) is 13.2 Å². The van der Waals surface area contributed by atoms with Crippen LogP contribution < -0.4 is 0 Å². The minimum atomic E-state index is -4.34. The van der Waals surface area contributed by atoms with E-state index < -0.39 is 25.2 Å². The Balaban J connectivity index is 3.83. The quantitative estimate of drug-likeness (QED) is 0.619. The normalized spacial score (nSPS) is 12.1. The summed E-state index contributed by atoms with van der Waals surface area (Å²) in [5, 5.41) is 8.54. The van der Waals surface area contributed by atoms with Gasteiger partial charge in [0.2, 0.25) is 0 Å². The molecule has 0 spiro atoms. The molecule has 0 saturated carbocycles. The lowest BCUT2D eigenvalue weighted by Gasteiger charge is -2.21. The fourth-order valence-corrected chi connectivity index (χ4v) is 1.77. The van der Waals surface area contributed by atoms with E-state index in [1.807, 2.05) is 0 Å². The molecule has 6 heteroatoms. The molecule has 1 N–H and O–H groups in total. The Labute approximate surface area is 106 Å². The third kappa shape index (κ3) is 11.7. The van der Waals surface area contributed by atoms with Crippen molar-refractivity contribution in [3.8, 4) is 0 Å². The number of carbonyl (C=O) groups is 1. The van der Waals surface area contributed by atoms with Crippen molar-refractivity contribution in [1.29, 1.82) is 0 Å². The summed E-state index contributed by atoms with van der Waals surface area (Å²) in [6.45, 7) is 0.596. The largest absolute Gasteiger partial charge is 0.480 e. The smallest absolute Gasteiger partial charge is 0.401 e. The van der Waals surface area contributed by atoms with Gasteiger partial charge in [0, 0.05) is 0 Å². The van der Waals surface area contributed by atoms with Crippen LogP contribution in [0.5, 0.6) is 0 Å². The second-order valence-electron chi connectivity index (χ2n) is 4.49. The van der Waals surface area contributed by atoms with Crippen molar-refractivity contribution in [2.75, 3.05) is 19.6 Å². The molecular weight excluding hydrogens is 247 g/mol. The van der Waals surface area contributed by atoms with E-state index >= 15 is 0 Å². The Morgan fingerprint density at radius 3 is 2.17 bits per heavy atom. The van der Waals surface area contributed by atoms with E-state index in [9.17, 15) is 18.0 Å². The lowest BCUT2D eigenvalue weighted by Crippen LogP contribution is -2.38. The molecule has 0 saturated heterocycles. The number of alkyl halides is 3. The molecule has 3 nitrogen and oxygen atoms in total. The summed E-state index contributed by atoms with van der Waals surface area (Å²) >= 11 is 0. The summed E-state index contributed by atoms with van der Waals surface area (Å²) in [7, 11) is 0. The molecule has 0 aliphatic heterocycles. The monoisotopic (exact) mass is 269 g/mol. The molecule has 0 aromatic rings. The predicted octanol–water partition coefficient (Wildman–Crippen LogP) is 3.30. The number of hydrogen-bond donors (Lipinski definition) is 1. The minimum absolute atomic E-state index is 0.192. The van der Waals surface area contributed by atoms with Gasteiger partial charge in [0.25, 0.3) is 0 Å². The number of hydrogen-bond acceptors (Lipinski definition) is 2. The van der Waals surface area contributed by atoms with Crippen LogP contribution in [0, 0.1) is 0 Å². The highest BCUT2D eigenvalue weighted by Gasteiger charge is 2.31. The number of nitrogens with zero attached hydrogens (tertiary/aromatic N) is 1. The van der Waals surface area contributed by atoms with Crippen LogP contribution in [-0.2, 0) is 4.79 Å². The van der Waals surface area contributed by atoms with Crippen molar-refractivity contribution < 1.29 is 23.1 Å². The van der Waals surface area contributed by atoms with Crippen molar-refractivity contribution in [2.24, 2.45) is 0 Å². The summed E-state index contributed by atoms with van der Waals surface area (Å²) in [6.07, 6.45) is 1.49. The van der Waals surface area contributed by atoms with Gasteiger partial charge >= 0.3 is 12.1 Å². The first-order valence-electron chi connectivity index (χ1n) is 6.36. The first kappa shape index (κ1) is 17.2. The van der Waals surface area contributed by atoms with Crippen LogP contribution in [0.15, 0.2) is 0 Å². The highest BCUT2D eigenvalue weighted by molar-refractivity contribution is 5.69. The molecule has 0 heterocycles. The van der Waals surface area contributed by atoms with Gasteiger partial charge in [0.15, 0.2) is 0 Å². The standard InChI is InChI=1S/C12H22F3NO2/c1-2-3-4-5-6-7-8-16(9-11(17)18)10-12(13,14)15/h2-10H2,1H3,(H,17,18). The van der Waals surface area contributed by atoms with Gasteiger partial charge in [0.1, 0.15) is 0 Å². The van der Waals surface area contributed by atoms with Crippen LogP contribution >= 0.6 is 0 Å². The van der Waals surface area contributed by atoms with Gasteiger partial charge < -0.3 is 5.11 Å². The van der Waals surface area contributed by atoms with Gasteiger partial charge in [-0.3, -0.25) is 9.69 Å². The third-order valence-electron chi connectivity index (χ3n) is 2.59. The zero-order valence-electron chi connectivity index (χ0n) is 10.8. The molecule has 0 aliphatic carbocycles. The Bertz CT molecular complexity index is 232. The highest BCUT2D eigenvalue weighted by atomic mass is 19.4. The maximum atomic E-state index is 12.2. The molecule has 0 atom stereocenters. The highest BCUT2D eigenvalue weighted by Crippen LogP contribution is 2.17. The summed E-state index contributed by atoms with van der Waals surface area (Å²) in [5.74, 6) is -1.22. The molecule has 18 heavy (non-hydrogen) atoms. The van der Waals surface area contributed by atoms with Gasteiger partial charge in [-0.05, 0) is 13.0 Å². The van der Waals surface area contributed by atoms with Crippen LogP contribution in [0.25, 0.3) is 0 Å². The van der Waals surface area contributed by atoms with Crippen molar-refractivity contribution >= 4 is 5.97 Å². The molecular formula is C12H22F3NO2. The van der Waals surface area contributed by atoms with Gasteiger partial charge in [0.05, 0.1) is 13.1 Å². The number of carboxylic acids is 1. The van der Waals surface area contributed by atoms with Gasteiger partial charge in [-0.25, -0.2) is 0 Å². The number of carboxylic acid groups (broad SMARTS) is 1. The third-order valence-corrected chi connectivity index (χ3v) is 2.59. The van der Waals surface area contributed by atoms with Crippen molar-refractivity contribution in [3.05, 3.63) is 0 Å². The van der Waals surface area contributed by atoms with Crippen molar-refractivity contribution in [3.63, 3.8) is 0 Å². The maximum absolute atomic E-state index is 12.2. The second kappa shape index (κ2) is 9.19. The molecule has 0 aromatic heterocycles. The summed E-state index contributed by atoms with van der Waals surface area (Å²) < 4.78 is 36.6. The van der Waals surface area contributed by atoms with Crippen molar-refractivity contribution in [2.45, 2.75) is 51.6 Å². The molecule has 0 aliphatic rings. The first-order chi connectivity index (χ1) is 8.35. The van der Waals surface area contributed by atoms with Gasteiger partial charge in [-0.1, -0.05) is 39.0 Å². The van der Waals surface area contributed by atoms with E-state index in [0.717, 1.165) is 37.0 Å². The van der Waals surface area contributed by atoms with E-state index in [-0.39, 0.29) is 6.54 Å². The average Bonchev–Trinajstić information content (AvgIpc) is 2.19. The molecule has 108 valence electrons. The Hall–Kier alpha value is -0.780. The SMILES string of the molecule is CCCCCCCCN(CC(=O)O)CC(F)(F)F. The molecule has 0 amide bonds. The Morgan fingerprint density at radius 1 is 1.11 bits per heavy atom. The minimum Gasteiger partial charge on any atom is -0.480 e. The molecule has 0 unspecified atom stereocenters. The van der Waals surface area contributed by atoms with E-state index in [2.05, 4.69) is 6.92 Å². The fraction of sp³-hybridized carbons (Fsp3) is 0.917. The van der Waals surface area contributed by atoms with E-state index in [0.29, 0.717) is 6.42 Å². The summed E-state index contributed by atoms with van der Waals surface area (Å²) in [5.41, 5.74) is 0. The molecule has 0 fully saturated rings. The number of halogens is 3. The number of unbranched alkanes of at least 4 members (excludes halogenated alkanes) is 5. The Morgan fingerprint density at radius 2 is 1.67 bits per heavy atom. The molecule has 0 radical (unpaired) electrons. The van der Waals surface area contributed by atoms with Crippen LogP contribution in [-0.4, -0.2) is 41.8 Å². The zero-order chi connectivity index (χ0) is 14.0. The van der Waals surface area contributed by atoms with Crippen LogP contribution in [0.3, 0.4) is 0 Å².